The molecular weight excluding hydrogens is 448 g/mol. The van der Waals surface area contributed by atoms with Crippen LogP contribution in [0.2, 0.25) is 0 Å². The summed E-state index contributed by atoms with van der Waals surface area (Å²) in [5, 5.41) is 4.12. The lowest BCUT2D eigenvalue weighted by Gasteiger charge is -2.22. The first-order valence-corrected chi connectivity index (χ1v) is 12.0. The summed E-state index contributed by atoms with van der Waals surface area (Å²) in [6.45, 7) is 0. The van der Waals surface area contributed by atoms with E-state index >= 15 is 0 Å². The fraction of sp³-hybridized carbons (Fsp3) is 0. The molecule has 0 atom stereocenters. The zero-order valence-corrected chi connectivity index (χ0v) is 19.4. The fourth-order valence-corrected chi connectivity index (χ4v) is 5.30. The van der Waals surface area contributed by atoms with E-state index in [1.807, 2.05) is 36.4 Å². The summed E-state index contributed by atoms with van der Waals surface area (Å²) < 4.78 is 84.9. The monoisotopic (exact) mass is 479 g/mol. The lowest BCUT2D eigenvalue weighted by molar-refractivity contribution is 0.487. The summed E-state index contributed by atoms with van der Waals surface area (Å²) in [6, 6.07) is 22.0. The minimum absolute atomic E-state index is 0.0110. The van der Waals surface area contributed by atoms with Crippen molar-refractivity contribution in [2.75, 3.05) is 0 Å². The van der Waals surface area contributed by atoms with Crippen LogP contribution in [-0.2, 0) is 0 Å². The van der Waals surface area contributed by atoms with Gasteiger partial charge in [-0.05, 0) is 72.9 Å². The Labute approximate surface area is 227 Å². The predicted octanol–water partition coefficient (Wildman–Crippen LogP) is 10.3. The van der Waals surface area contributed by atoms with Crippen LogP contribution in [-0.4, -0.2) is 0 Å². The number of ether oxygens (including phenoxy) is 1. The normalized spacial score (nSPS) is 15.4. The van der Waals surface area contributed by atoms with Gasteiger partial charge in [0.2, 0.25) is 0 Å². The molecule has 1 nitrogen and oxygen atoms in total. The van der Waals surface area contributed by atoms with Gasteiger partial charge in [-0.1, -0.05) is 115 Å². The number of benzene rings is 7. The second-order valence-corrected chi connectivity index (χ2v) is 8.99. The zero-order chi connectivity index (χ0) is 32.2. The molecule has 1 aliphatic heterocycles. The molecule has 1 heterocycles. The standard InChI is InChI=1S/C36H22O/c1-2-11-26-23(8-1)18-20-31-29(26)14-7-15-30(31)28-13-4-3-12-27(28)25-19-21-34-33(22-25)32-16-5-9-24-10-6-17-35(37-34)36(24)32/h1-22H/i5D,6D,9D,10D,16D,17D,19D,21D,22D. The third kappa shape index (κ3) is 3.04. The molecule has 0 saturated carbocycles. The van der Waals surface area contributed by atoms with Crippen molar-refractivity contribution in [2.45, 2.75) is 0 Å². The molecule has 0 aliphatic carbocycles. The first kappa shape index (κ1) is 13.4. The van der Waals surface area contributed by atoms with Crippen molar-refractivity contribution in [3.05, 3.63) is 133 Å². The largest absolute Gasteiger partial charge is 0.456 e. The Balaban J connectivity index is 1.47. The maximum Gasteiger partial charge on any atom is 0.135 e. The Hall–Kier alpha value is -4.88. The van der Waals surface area contributed by atoms with Crippen LogP contribution in [0.1, 0.15) is 12.3 Å². The molecule has 0 unspecified atom stereocenters. The Morgan fingerprint density at radius 2 is 1.24 bits per heavy atom. The van der Waals surface area contributed by atoms with Crippen molar-refractivity contribution in [1.82, 2.24) is 0 Å². The number of hydrogen-bond acceptors (Lipinski definition) is 1. The highest BCUT2D eigenvalue weighted by Gasteiger charge is 2.21. The zero-order valence-electron chi connectivity index (χ0n) is 28.4. The van der Waals surface area contributed by atoms with Crippen molar-refractivity contribution in [2.24, 2.45) is 0 Å². The molecule has 7 aromatic rings. The molecule has 7 aromatic carbocycles. The first-order chi connectivity index (χ1) is 22.1. The molecule has 0 N–H and O–H groups in total. The highest BCUT2D eigenvalue weighted by Crippen LogP contribution is 2.48. The Morgan fingerprint density at radius 3 is 2.19 bits per heavy atom. The number of rotatable bonds is 2. The van der Waals surface area contributed by atoms with E-state index in [1.54, 1.807) is 12.1 Å². The van der Waals surface area contributed by atoms with E-state index in [9.17, 15) is 1.37 Å². The van der Waals surface area contributed by atoms with Crippen LogP contribution in [0.4, 0.5) is 0 Å². The lowest BCUT2D eigenvalue weighted by atomic mass is 9.88. The fourth-order valence-electron chi connectivity index (χ4n) is 5.30. The summed E-state index contributed by atoms with van der Waals surface area (Å²) in [5.74, 6) is -0.443. The van der Waals surface area contributed by atoms with Gasteiger partial charge in [-0.3, -0.25) is 0 Å². The minimum Gasteiger partial charge on any atom is -0.456 e. The van der Waals surface area contributed by atoms with Crippen LogP contribution in [0.3, 0.4) is 0 Å². The van der Waals surface area contributed by atoms with Gasteiger partial charge in [0.05, 0.1) is 12.3 Å². The van der Waals surface area contributed by atoms with Crippen LogP contribution in [0.25, 0.3) is 65.7 Å². The highest BCUT2D eigenvalue weighted by atomic mass is 16.5. The molecule has 0 bridgehead atoms. The maximum atomic E-state index is 9.50. The molecule has 37 heavy (non-hydrogen) atoms. The molecule has 172 valence electrons. The lowest BCUT2D eigenvalue weighted by Crippen LogP contribution is -1.97. The van der Waals surface area contributed by atoms with Crippen molar-refractivity contribution in [1.29, 1.82) is 0 Å². The Morgan fingerprint density at radius 1 is 0.459 bits per heavy atom. The summed E-state index contributed by atoms with van der Waals surface area (Å²) in [4.78, 5) is 0. The van der Waals surface area contributed by atoms with Crippen molar-refractivity contribution >= 4 is 32.3 Å². The van der Waals surface area contributed by atoms with Gasteiger partial charge in [-0.25, -0.2) is 0 Å². The van der Waals surface area contributed by atoms with Gasteiger partial charge in [0.15, 0.2) is 0 Å². The van der Waals surface area contributed by atoms with Gasteiger partial charge in [0.25, 0.3) is 0 Å². The van der Waals surface area contributed by atoms with E-state index in [4.69, 9.17) is 15.7 Å². The van der Waals surface area contributed by atoms with Crippen LogP contribution in [0.15, 0.2) is 133 Å². The smallest absolute Gasteiger partial charge is 0.135 e. The van der Waals surface area contributed by atoms with Gasteiger partial charge in [-0.15, -0.1) is 0 Å². The molecule has 1 heteroatoms. The van der Waals surface area contributed by atoms with Gasteiger partial charge in [-0.2, -0.15) is 0 Å². The average Bonchev–Trinajstić information content (AvgIpc) is 3.07. The Bertz CT molecular complexity index is 2500. The molecule has 0 fully saturated rings. The van der Waals surface area contributed by atoms with E-state index in [-0.39, 0.29) is 57.1 Å². The summed E-state index contributed by atoms with van der Waals surface area (Å²) >= 11 is 0. The minimum atomic E-state index is -0.514. The van der Waals surface area contributed by atoms with Gasteiger partial charge >= 0.3 is 0 Å². The van der Waals surface area contributed by atoms with E-state index in [0.717, 1.165) is 32.7 Å². The van der Waals surface area contributed by atoms with Crippen LogP contribution in [0.5, 0.6) is 11.5 Å². The molecule has 0 spiro atoms. The van der Waals surface area contributed by atoms with Gasteiger partial charge in [0.1, 0.15) is 11.5 Å². The van der Waals surface area contributed by atoms with Crippen molar-refractivity contribution < 1.29 is 17.1 Å². The topological polar surface area (TPSA) is 9.23 Å². The quantitative estimate of drug-likeness (QED) is 0.224. The van der Waals surface area contributed by atoms with E-state index in [0.29, 0.717) is 5.56 Å². The number of hydrogen-bond donors (Lipinski definition) is 0. The van der Waals surface area contributed by atoms with E-state index in [2.05, 4.69) is 30.3 Å². The molecule has 8 rings (SSSR count). The predicted molar refractivity (Wildman–Crippen MR) is 155 cm³/mol. The SMILES string of the molecule is [2H]c1c([2H])c(-c2ccccc2-c2cccc3c2ccc2ccccc23)c([2H])c2c1Oc1c([2H])c([2H])c([2H])c3c([2H])c([2H])c([2H])c-2c13. The van der Waals surface area contributed by atoms with Gasteiger partial charge < -0.3 is 4.74 Å². The first-order valence-electron chi connectivity index (χ1n) is 16.5. The Kier molecular flexibility index (Phi) is 2.84. The average molecular weight is 480 g/mol. The van der Waals surface area contributed by atoms with Crippen LogP contribution < -0.4 is 4.74 Å². The highest BCUT2D eigenvalue weighted by molar-refractivity contribution is 6.13. The van der Waals surface area contributed by atoms with Crippen LogP contribution in [0, 0.1) is 0 Å². The summed E-state index contributed by atoms with van der Waals surface area (Å²) in [6.07, 6.45) is 0. The second kappa shape index (κ2) is 7.81. The van der Waals surface area contributed by atoms with Crippen molar-refractivity contribution in [3.8, 4) is 44.9 Å². The third-order valence-electron chi connectivity index (χ3n) is 6.97. The third-order valence-corrected chi connectivity index (χ3v) is 6.97. The molecule has 0 saturated heterocycles. The molecule has 1 aliphatic rings. The van der Waals surface area contributed by atoms with Crippen LogP contribution >= 0.6 is 0 Å². The second-order valence-electron chi connectivity index (χ2n) is 8.99. The molecule has 0 amide bonds. The van der Waals surface area contributed by atoms with Gasteiger partial charge in [0, 0.05) is 10.9 Å². The molecular formula is C36H22O. The molecule has 0 aromatic heterocycles. The number of fused-ring (bicyclic) bond motifs is 5. The van der Waals surface area contributed by atoms with E-state index < -0.39 is 36.3 Å². The van der Waals surface area contributed by atoms with Crippen molar-refractivity contribution in [3.63, 3.8) is 0 Å². The summed E-state index contributed by atoms with van der Waals surface area (Å²) in [5.41, 5.74) is 2.24. The maximum absolute atomic E-state index is 9.50. The molecule has 0 radical (unpaired) electrons. The summed E-state index contributed by atoms with van der Waals surface area (Å²) in [7, 11) is 0. The van der Waals surface area contributed by atoms with E-state index in [1.165, 1.54) is 0 Å².